The second-order valence-electron chi connectivity index (χ2n) is 4.40. The molecule has 4 nitrogen and oxygen atoms in total. The molecule has 0 aliphatic rings. The van der Waals surface area contributed by atoms with Crippen molar-refractivity contribution in [1.29, 1.82) is 0 Å². The van der Waals surface area contributed by atoms with Gasteiger partial charge >= 0.3 is 6.18 Å². The molecule has 0 fully saturated rings. The maximum Gasteiger partial charge on any atom is 0.426 e. The second kappa shape index (κ2) is 6.74. The minimum Gasteiger partial charge on any atom is -0.373 e. The first-order valence-corrected chi connectivity index (χ1v) is 7.97. The fourth-order valence-corrected chi connectivity index (χ4v) is 2.86. The third kappa shape index (κ3) is 3.73. The number of alkyl halides is 3. The van der Waals surface area contributed by atoms with Crippen LogP contribution in [0.4, 0.5) is 18.9 Å². The van der Waals surface area contributed by atoms with Crippen molar-refractivity contribution in [1.82, 2.24) is 0 Å². The Morgan fingerprint density at radius 2 is 1.86 bits per heavy atom. The van der Waals surface area contributed by atoms with Gasteiger partial charge in [0.2, 0.25) is 5.60 Å². The number of hydrogen-bond donors (Lipinski definition) is 2. The van der Waals surface area contributed by atoms with E-state index in [9.17, 15) is 27.3 Å². The molecule has 0 saturated heterocycles. The summed E-state index contributed by atoms with van der Waals surface area (Å²) in [5.74, 6) is -1.44. The van der Waals surface area contributed by atoms with Crippen LogP contribution in [-0.2, 0) is 15.6 Å². The van der Waals surface area contributed by atoms with Crippen molar-refractivity contribution < 1.29 is 27.3 Å². The van der Waals surface area contributed by atoms with Crippen LogP contribution in [0.1, 0.15) is 13.8 Å². The number of amides is 1. The van der Waals surface area contributed by atoms with E-state index in [0.29, 0.717) is 6.92 Å². The molecule has 0 spiro atoms. The lowest BCUT2D eigenvalue weighted by atomic mass is 10.1. The summed E-state index contributed by atoms with van der Waals surface area (Å²) in [4.78, 5) is 11.8. The predicted molar refractivity (Wildman–Crippen MR) is 78.7 cm³/mol. The Hall–Kier alpha value is -0.830. The number of benzene rings is 1. The van der Waals surface area contributed by atoms with E-state index in [0.717, 1.165) is 0 Å². The van der Waals surface area contributed by atoms with Gasteiger partial charge < -0.3 is 10.4 Å². The third-order valence-corrected chi connectivity index (χ3v) is 5.15. The van der Waals surface area contributed by atoms with Gasteiger partial charge in [-0.25, -0.2) is 0 Å². The molecule has 0 saturated carbocycles. The number of halogens is 5. The fraction of sp³-hybridized carbons (Fsp3) is 0.417. The van der Waals surface area contributed by atoms with E-state index >= 15 is 0 Å². The van der Waals surface area contributed by atoms with Crippen molar-refractivity contribution in [2.75, 3.05) is 11.1 Å². The lowest BCUT2D eigenvalue weighted by Gasteiger charge is -2.25. The number of carbonyl (C=O) groups is 1. The lowest BCUT2D eigenvalue weighted by Crippen LogP contribution is -2.52. The van der Waals surface area contributed by atoms with Gasteiger partial charge in [-0.1, -0.05) is 30.1 Å². The van der Waals surface area contributed by atoms with Crippen molar-refractivity contribution in [3.8, 4) is 0 Å². The average molecular weight is 378 g/mol. The van der Waals surface area contributed by atoms with Crippen LogP contribution < -0.4 is 5.32 Å². The highest BCUT2D eigenvalue weighted by Gasteiger charge is 2.55. The lowest BCUT2D eigenvalue weighted by molar-refractivity contribution is -0.242. The minimum absolute atomic E-state index is 0.133. The molecule has 0 heterocycles. The zero-order valence-electron chi connectivity index (χ0n) is 11.4. The molecular formula is C12H12Cl2F3NO3S. The molecule has 124 valence electrons. The molecule has 0 radical (unpaired) electrons. The zero-order valence-corrected chi connectivity index (χ0v) is 13.8. The van der Waals surface area contributed by atoms with E-state index in [-0.39, 0.29) is 26.4 Å². The molecule has 1 amide bonds. The topological polar surface area (TPSA) is 66.4 Å². The summed E-state index contributed by atoms with van der Waals surface area (Å²) in [6.07, 6.45) is -5.16. The van der Waals surface area contributed by atoms with Crippen LogP contribution in [0.5, 0.6) is 0 Å². The second-order valence-corrected chi connectivity index (χ2v) is 6.86. The van der Waals surface area contributed by atoms with Crippen LogP contribution >= 0.6 is 23.2 Å². The quantitative estimate of drug-likeness (QED) is 0.845. The maximum absolute atomic E-state index is 12.6. The average Bonchev–Trinajstić information content (AvgIpc) is 2.41. The molecule has 22 heavy (non-hydrogen) atoms. The van der Waals surface area contributed by atoms with Gasteiger partial charge in [0.15, 0.2) is 0 Å². The molecular weight excluding hydrogens is 366 g/mol. The van der Waals surface area contributed by atoms with E-state index in [1.54, 1.807) is 6.92 Å². The monoisotopic (exact) mass is 377 g/mol. The van der Waals surface area contributed by atoms with Crippen molar-refractivity contribution in [2.45, 2.75) is 30.5 Å². The van der Waals surface area contributed by atoms with Crippen LogP contribution in [0.15, 0.2) is 17.0 Å². The highest BCUT2D eigenvalue weighted by atomic mass is 35.5. The molecule has 2 atom stereocenters. The molecule has 0 bridgehead atoms. The first-order chi connectivity index (χ1) is 9.93. The maximum atomic E-state index is 12.6. The Morgan fingerprint density at radius 3 is 2.32 bits per heavy atom. The summed E-state index contributed by atoms with van der Waals surface area (Å²) in [5.41, 5.74) is -3.81. The summed E-state index contributed by atoms with van der Waals surface area (Å²) in [7, 11) is -1.42. The Kier molecular flexibility index (Phi) is 5.88. The first kappa shape index (κ1) is 19.2. The van der Waals surface area contributed by atoms with E-state index in [2.05, 4.69) is 0 Å². The van der Waals surface area contributed by atoms with E-state index in [4.69, 9.17) is 23.2 Å². The fourth-order valence-electron chi connectivity index (χ4n) is 1.33. The Labute approximate surface area is 137 Å². The van der Waals surface area contributed by atoms with Crippen LogP contribution in [-0.4, -0.2) is 32.8 Å². The summed E-state index contributed by atoms with van der Waals surface area (Å²) in [6, 6.07) is 2.45. The predicted octanol–water partition coefficient (Wildman–Crippen LogP) is 3.37. The van der Waals surface area contributed by atoms with Gasteiger partial charge in [-0.05, 0) is 19.1 Å². The summed E-state index contributed by atoms with van der Waals surface area (Å²) < 4.78 is 49.4. The Morgan fingerprint density at radius 1 is 1.32 bits per heavy atom. The van der Waals surface area contributed by atoms with Crippen molar-refractivity contribution in [3.63, 3.8) is 0 Å². The van der Waals surface area contributed by atoms with Gasteiger partial charge in [-0.15, -0.1) is 0 Å². The molecule has 0 aromatic heterocycles. The van der Waals surface area contributed by atoms with Gasteiger partial charge in [-0.2, -0.15) is 13.2 Å². The number of anilines is 1. The van der Waals surface area contributed by atoms with Gasteiger partial charge in [0.05, 0.1) is 31.4 Å². The molecule has 0 aliphatic heterocycles. The molecule has 1 aromatic carbocycles. The van der Waals surface area contributed by atoms with E-state index in [1.807, 2.05) is 5.32 Å². The number of hydrogen-bond acceptors (Lipinski definition) is 3. The van der Waals surface area contributed by atoms with Crippen LogP contribution in [0.2, 0.25) is 10.0 Å². The first-order valence-electron chi connectivity index (χ1n) is 5.90. The Bertz CT molecular complexity index is 620. The van der Waals surface area contributed by atoms with Crippen LogP contribution in [0, 0.1) is 0 Å². The van der Waals surface area contributed by atoms with Crippen molar-refractivity contribution in [3.05, 3.63) is 22.2 Å². The minimum atomic E-state index is -5.16. The number of aliphatic hydroxyl groups is 1. The summed E-state index contributed by atoms with van der Waals surface area (Å²) in [6.45, 7) is 1.97. The summed E-state index contributed by atoms with van der Waals surface area (Å²) in [5, 5.41) is 10.7. The largest absolute Gasteiger partial charge is 0.426 e. The highest BCUT2D eigenvalue weighted by Crippen LogP contribution is 2.36. The third-order valence-electron chi connectivity index (χ3n) is 2.80. The van der Waals surface area contributed by atoms with Gasteiger partial charge in [0.25, 0.3) is 5.91 Å². The molecule has 0 aliphatic carbocycles. The van der Waals surface area contributed by atoms with Crippen LogP contribution in [0.25, 0.3) is 0 Å². The number of rotatable bonds is 4. The number of carbonyl (C=O) groups excluding carboxylic acids is 1. The van der Waals surface area contributed by atoms with Crippen molar-refractivity contribution >= 4 is 45.6 Å². The number of nitrogens with one attached hydrogen (secondary N) is 1. The SMILES string of the molecule is CCS(=O)c1ccc(NC(=O)[C@@](C)(O)C(F)(F)F)c(Cl)c1Cl. The van der Waals surface area contributed by atoms with E-state index < -0.39 is 28.5 Å². The van der Waals surface area contributed by atoms with Gasteiger partial charge in [0.1, 0.15) is 0 Å². The molecule has 1 aromatic rings. The smallest absolute Gasteiger partial charge is 0.373 e. The molecule has 10 heteroatoms. The van der Waals surface area contributed by atoms with Crippen LogP contribution in [0.3, 0.4) is 0 Å². The van der Waals surface area contributed by atoms with Gasteiger partial charge in [0, 0.05) is 5.75 Å². The standard InChI is InChI=1S/C12H12Cl2F3NO3S/c1-3-22(21)7-5-4-6(8(13)9(7)14)18-10(19)11(2,20)12(15,16)17/h4-5,20H,3H2,1-2H3,(H,18,19)/t11-,22?/m1/s1. The highest BCUT2D eigenvalue weighted by molar-refractivity contribution is 7.85. The van der Waals surface area contributed by atoms with Crippen molar-refractivity contribution in [2.24, 2.45) is 0 Å². The zero-order chi connectivity index (χ0) is 17.3. The normalized spacial score (nSPS) is 16.0. The van der Waals surface area contributed by atoms with E-state index in [1.165, 1.54) is 12.1 Å². The van der Waals surface area contributed by atoms with Gasteiger partial charge in [-0.3, -0.25) is 9.00 Å². The Balaban J connectivity index is 3.14. The molecule has 1 unspecified atom stereocenters. The summed E-state index contributed by atoms with van der Waals surface area (Å²) >= 11 is 11.8. The molecule has 2 N–H and O–H groups in total. The molecule has 1 rings (SSSR count).